The lowest BCUT2D eigenvalue weighted by Crippen LogP contribution is -2.32. The van der Waals surface area contributed by atoms with Gasteiger partial charge in [0.05, 0.1) is 6.54 Å². The van der Waals surface area contributed by atoms with Crippen molar-refractivity contribution < 1.29 is 20.1 Å². The van der Waals surface area contributed by atoms with Gasteiger partial charge in [0, 0.05) is 0 Å². The summed E-state index contributed by atoms with van der Waals surface area (Å²) in [7, 11) is 0. The monoisotopic (exact) mass is 303 g/mol. The fraction of sp³-hybridized carbons (Fsp3) is 0.812. The van der Waals surface area contributed by atoms with Gasteiger partial charge >= 0.3 is 5.97 Å². The Hall–Kier alpha value is -0.910. The van der Waals surface area contributed by atoms with Gasteiger partial charge in [0.2, 0.25) is 6.41 Å². The van der Waals surface area contributed by atoms with Crippen molar-refractivity contribution in [3.8, 4) is 0 Å². The second-order valence-corrected chi connectivity index (χ2v) is 6.07. The first-order chi connectivity index (χ1) is 9.70. The third-order valence-corrected chi connectivity index (χ3v) is 2.70. The molecule has 5 heteroatoms. The highest BCUT2D eigenvalue weighted by Crippen LogP contribution is 2.41. The largest absolute Gasteiger partial charge is 0.480 e. The normalized spacial score (nSPS) is 19.2. The molecule has 1 rings (SSSR count). The van der Waals surface area contributed by atoms with Crippen LogP contribution in [0.1, 0.15) is 53.4 Å². The Morgan fingerprint density at radius 2 is 1.86 bits per heavy atom. The number of unbranched alkanes of at least 4 members (excludes halogenated alkanes) is 1. The average molecular weight is 303 g/mol. The predicted molar refractivity (Wildman–Crippen MR) is 85.7 cm³/mol. The van der Waals surface area contributed by atoms with Crippen LogP contribution in [-0.4, -0.2) is 34.2 Å². The molecule has 21 heavy (non-hydrogen) atoms. The van der Waals surface area contributed by atoms with Crippen molar-refractivity contribution >= 4 is 5.97 Å². The molecule has 1 fully saturated rings. The molecule has 0 aromatic heterocycles. The van der Waals surface area contributed by atoms with E-state index in [1.165, 1.54) is 25.7 Å². The van der Waals surface area contributed by atoms with Crippen LogP contribution in [0.15, 0.2) is 12.7 Å². The number of hydrogen-bond acceptors (Lipinski definition) is 4. The molecule has 0 heterocycles. The van der Waals surface area contributed by atoms with E-state index < -0.39 is 18.9 Å². The van der Waals surface area contributed by atoms with E-state index in [1.54, 1.807) is 0 Å². The van der Waals surface area contributed by atoms with Gasteiger partial charge < -0.3 is 15.3 Å². The minimum atomic E-state index is -1.74. The Bertz CT molecular complexity index is 264. The van der Waals surface area contributed by atoms with Gasteiger partial charge in [-0.2, -0.15) is 0 Å². The highest BCUT2D eigenvalue weighted by atomic mass is 16.5. The van der Waals surface area contributed by atoms with Crippen molar-refractivity contribution in [3.05, 3.63) is 12.7 Å². The first-order valence-electron chi connectivity index (χ1n) is 7.62. The number of aliphatic hydroxyl groups is 2. The summed E-state index contributed by atoms with van der Waals surface area (Å²) in [5, 5.41) is 25.7. The first-order valence-corrected chi connectivity index (χ1v) is 7.62. The number of hydrogen-bond donors (Lipinski definition) is 4. The van der Waals surface area contributed by atoms with Crippen LogP contribution in [-0.2, 0) is 4.79 Å². The average Bonchev–Trinajstić information content (AvgIpc) is 3.03. The molecular weight excluding hydrogens is 270 g/mol. The van der Waals surface area contributed by atoms with Crippen molar-refractivity contribution in [2.24, 2.45) is 17.8 Å². The van der Waals surface area contributed by atoms with Crippen LogP contribution < -0.4 is 5.32 Å². The van der Waals surface area contributed by atoms with Crippen molar-refractivity contribution in [2.75, 3.05) is 6.54 Å². The molecule has 0 spiro atoms. The van der Waals surface area contributed by atoms with E-state index in [-0.39, 0.29) is 0 Å². The summed E-state index contributed by atoms with van der Waals surface area (Å²) in [5.41, 5.74) is 0. The van der Waals surface area contributed by atoms with Gasteiger partial charge in [-0.25, -0.2) is 0 Å². The Balaban J connectivity index is 0. The van der Waals surface area contributed by atoms with Crippen molar-refractivity contribution in [2.45, 2.75) is 59.8 Å². The fourth-order valence-corrected chi connectivity index (χ4v) is 1.50. The molecule has 5 nitrogen and oxygen atoms in total. The topological polar surface area (TPSA) is 89.8 Å². The van der Waals surface area contributed by atoms with Crippen molar-refractivity contribution in [1.29, 1.82) is 0 Å². The van der Waals surface area contributed by atoms with E-state index in [1.807, 2.05) is 11.4 Å². The van der Waals surface area contributed by atoms with E-state index in [0.717, 1.165) is 17.8 Å². The molecule has 126 valence electrons. The van der Waals surface area contributed by atoms with Gasteiger partial charge in [-0.1, -0.05) is 33.8 Å². The number of nitrogens with one attached hydrogen (secondary N) is 1. The number of rotatable bonds is 7. The predicted octanol–water partition coefficient (Wildman–Crippen LogP) is 2.59. The summed E-state index contributed by atoms with van der Waals surface area (Å²) in [6.45, 7) is 12.1. The SMILES string of the molecule is C=CCCCC1CC1C.CC(C)C.O=C(O)CNC(O)O. The van der Waals surface area contributed by atoms with Crippen LogP contribution in [0.4, 0.5) is 0 Å². The quantitative estimate of drug-likeness (QED) is 0.330. The van der Waals surface area contributed by atoms with Crippen molar-refractivity contribution in [3.63, 3.8) is 0 Å². The van der Waals surface area contributed by atoms with Gasteiger partial charge in [0.1, 0.15) is 0 Å². The molecule has 1 saturated carbocycles. The third-order valence-electron chi connectivity index (χ3n) is 2.70. The molecule has 4 N–H and O–H groups in total. The molecule has 0 aliphatic heterocycles. The lowest BCUT2D eigenvalue weighted by molar-refractivity contribution is -0.139. The molecule has 2 unspecified atom stereocenters. The summed E-state index contributed by atoms with van der Waals surface area (Å²) in [4.78, 5) is 9.62. The highest BCUT2D eigenvalue weighted by molar-refractivity contribution is 5.68. The highest BCUT2D eigenvalue weighted by Gasteiger charge is 2.30. The third kappa shape index (κ3) is 24.5. The van der Waals surface area contributed by atoms with E-state index in [4.69, 9.17) is 15.3 Å². The van der Waals surface area contributed by atoms with E-state index in [9.17, 15) is 4.79 Å². The van der Waals surface area contributed by atoms with Gasteiger partial charge in [0.25, 0.3) is 0 Å². The van der Waals surface area contributed by atoms with Crippen LogP contribution >= 0.6 is 0 Å². The molecule has 2 atom stereocenters. The lowest BCUT2D eigenvalue weighted by Gasteiger charge is -2.00. The zero-order valence-electron chi connectivity index (χ0n) is 13.9. The van der Waals surface area contributed by atoms with E-state index >= 15 is 0 Å². The Morgan fingerprint density at radius 3 is 2.10 bits per heavy atom. The van der Waals surface area contributed by atoms with Crippen LogP contribution in [0.5, 0.6) is 0 Å². The molecular formula is C16H33NO4. The summed E-state index contributed by atoms with van der Waals surface area (Å²) in [6.07, 6.45) is 5.77. The molecule has 1 aliphatic rings. The zero-order valence-corrected chi connectivity index (χ0v) is 13.9. The van der Waals surface area contributed by atoms with Crippen LogP contribution in [0.3, 0.4) is 0 Å². The smallest absolute Gasteiger partial charge is 0.317 e. The number of allylic oxidation sites excluding steroid dienone is 1. The summed E-state index contributed by atoms with van der Waals surface area (Å²) < 4.78 is 0. The van der Waals surface area contributed by atoms with Crippen LogP contribution in [0.2, 0.25) is 0 Å². The Labute approximate surface area is 129 Å². The first kappa shape index (κ1) is 22.4. The van der Waals surface area contributed by atoms with Crippen molar-refractivity contribution in [1.82, 2.24) is 5.32 Å². The lowest BCUT2D eigenvalue weighted by atomic mass is 10.1. The van der Waals surface area contributed by atoms with Gasteiger partial charge in [-0.05, 0) is 43.4 Å². The maximum absolute atomic E-state index is 9.62. The summed E-state index contributed by atoms with van der Waals surface area (Å²) in [5.74, 6) is 1.82. The van der Waals surface area contributed by atoms with Crippen LogP contribution in [0.25, 0.3) is 0 Å². The Morgan fingerprint density at radius 1 is 1.38 bits per heavy atom. The molecule has 0 amide bonds. The molecule has 0 aromatic carbocycles. The number of carbonyl (C=O) groups is 1. The number of aliphatic carboxylic acids is 1. The molecule has 1 aliphatic carbocycles. The summed E-state index contributed by atoms with van der Waals surface area (Å²) >= 11 is 0. The Kier molecular flexibility index (Phi) is 15.0. The van der Waals surface area contributed by atoms with Gasteiger partial charge in [-0.15, -0.1) is 6.58 Å². The van der Waals surface area contributed by atoms with Gasteiger partial charge in [0.15, 0.2) is 0 Å². The van der Waals surface area contributed by atoms with E-state index in [0.29, 0.717) is 0 Å². The fourth-order valence-electron chi connectivity index (χ4n) is 1.50. The second-order valence-electron chi connectivity index (χ2n) is 6.07. The number of aliphatic hydroxyl groups excluding tert-OH is 1. The molecule has 0 radical (unpaired) electrons. The molecule has 0 aromatic rings. The minimum absolute atomic E-state index is 0.447. The maximum Gasteiger partial charge on any atom is 0.317 e. The zero-order chi connectivity index (χ0) is 16.8. The standard InChI is InChI=1S/C9H16.C4H10.C3H7NO4/c1-3-4-5-6-9-7-8(9)2;1-4(2)3;5-2(6)1-4-3(7)8/h3,8-9H,1,4-7H2,2H3;4H,1-3H3;3-4,7-8H,1H2,(H,5,6). The number of carboxylic acids is 1. The molecule has 0 bridgehead atoms. The van der Waals surface area contributed by atoms with Crippen LogP contribution in [0, 0.1) is 17.8 Å². The van der Waals surface area contributed by atoms with E-state index in [2.05, 4.69) is 34.3 Å². The van der Waals surface area contributed by atoms with Gasteiger partial charge in [-0.3, -0.25) is 10.1 Å². The number of carboxylic acid groups (broad SMARTS) is 1. The second kappa shape index (κ2) is 14.0. The minimum Gasteiger partial charge on any atom is -0.480 e. The maximum atomic E-state index is 9.62. The summed E-state index contributed by atoms with van der Waals surface area (Å²) in [6, 6.07) is 0. The molecule has 0 saturated heterocycles.